The number of carbonyl (C=O) groups is 3. The van der Waals surface area contributed by atoms with E-state index in [-0.39, 0.29) is 29.4 Å². The lowest BCUT2D eigenvalue weighted by atomic mass is 10.2. The highest BCUT2D eigenvalue weighted by Crippen LogP contribution is 2.23. The van der Waals surface area contributed by atoms with Crippen LogP contribution in [-0.4, -0.2) is 27.7 Å². The van der Waals surface area contributed by atoms with Crippen molar-refractivity contribution in [2.75, 3.05) is 11.1 Å². The molecule has 3 rings (SSSR count). The van der Waals surface area contributed by atoms with Crippen molar-refractivity contribution in [1.82, 2.24) is 4.90 Å². The fourth-order valence-electron chi connectivity index (χ4n) is 2.38. The zero-order valence-corrected chi connectivity index (χ0v) is 16.3. The van der Waals surface area contributed by atoms with E-state index >= 15 is 0 Å². The number of anilines is 1. The van der Waals surface area contributed by atoms with Crippen LogP contribution in [0.15, 0.2) is 48.5 Å². The number of thioether (sulfide) groups is 1. The lowest BCUT2D eigenvalue weighted by molar-refractivity contribution is -0.125. The van der Waals surface area contributed by atoms with E-state index < -0.39 is 0 Å². The molecule has 2 aromatic carbocycles. The molecule has 1 fully saturated rings. The smallest absolute Gasteiger partial charge is 0.289 e. The standard InChI is InChI=1S/C19H14Cl2N2O3S/c20-15-7-3-12(9-16(15)21)4-8-17(24)22-14-5-1-13(2-6-14)10-23-18(25)11-27-19(23)26/h1-9H,10-11H2,(H,22,24)/b8-4+. The molecule has 27 heavy (non-hydrogen) atoms. The van der Waals surface area contributed by atoms with E-state index in [1.165, 1.54) is 11.0 Å². The third-order valence-corrected chi connectivity index (χ3v) is 5.37. The molecule has 8 heteroatoms. The Balaban J connectivity index is 1.58. The van der Waals surface area contributed by atoms with E-state index in [0.29, 0.717) is 15.7 Å². The molecular weight excluding hydrogens is 407 g/mol. The van der Waals surface area contributed by atoms with Crippen molar-refractivity contribution in [3.05, 3.63) is 69.7 Å². The first kappa shape index (κ1) is 19.5. The zero-order valence-electron chi connectivity index (χ0n) is 13.9. The van der Waals surface area contributed by atoms with Crippen LogP contribution < -0.4 is 5.32 Å². The number of carbonyl (C=O) groups excluding carboxylic acids is 3. The van der Waals surface area contributed by atoms with Gasteiger partial charge in [0.05, 0.1) is 22.3 Å². The normalized spacial score (nSPS) is 14.2. The van der Waals surface area contributed by atoms with Gasteiger partial charge < -0.3 is 5.32 Å². The van der Waals surface area contributed by atoms with Crippen LogP contribution in [0.2, 0.25) is 10.0 Å². The molecule has 1 saturated heterocycles. The number of imide groups is 1. The topological polar surface area (TPSA) is 66.5 Å². The van der Waals surface area contributed by atoms with E-state index in [9.17, 15) is 14.4 Å². The third-order valence-electron chi connectivity index (χ3n) is 3.77. The van der Waals surface area contributed by atoms with Crippen molar-refractivity contribution in [1.29, 1.82) is 0 Å². The number of hydrogen-bond donors (Lipinski definition) is 1. The summed E-state index contributed by atoms with van der Waals surface area (Å²) >= 11 is 12.8. The van der Waals surface area contributed by atoms with Crippen molar-refractivity contribution >= 4 is 63.8 Å². The van der Waals surface area contributed by atoms with Gasteiger partial charge >= 0.3 is 0 Å². The minimum Gasteiger partial charge on any atom is -0.323 e. The number of amides is 3. The molecule has 1 heterocycles. The second kappa shape index (κ2) is 8.61. The molecule has 3 amide bonds. The summed E-state index contributed by atoms with van der Waals surface area (Å²) in [6.45, 7) is 0.232. The minimum absolute atomic E-state index is 0.185. The van der Waals surface area contributed by atoms with Crippen molar-refractivity contribution in [2.24, 2.45) is 0 Å². The molecule has 2 aromatic rings. The molecule has 0 atom stereocenters. The summed E-state index contributed by atoms with van der Waals surface area (Å²) in [6.07, 6.45) is 3.03. The van der Waals surface area contributed by atoms with E-state index in [4.69, 9.17) is 23.2 Å². The molecule has 0 bridgehead atoms. The van der Waals surface area contributed by atoms with Gasteiger partial charge in [-0.2, -0.15) is 0 Å². The Morgan fingerprint density at radius 2 is 1.85 bits per heavy atom. The van der Waals surface area contributed by atoms with Gasteiger partial charge in [0.15, 0.2) is 0 Å². The zero-order chi connectivity index (χ0) is 19.4. The highest BCUT2D eigenvalue weighted by molar-refractivity contribution is 8.14. The Labute approximate surface area is 170 Å². The number of rotatable bonds is 5. The Bertz CT molecular complexity index is 913. The Morgan fingerprint density at radius 1 is 1.11 bits per heavy atom. The van der Waals surface area contributed by atoms with Crippen LogP contribution in [-0.2, 0) is 16.1 Å². The number of nitrogens with one attached hydrogen (secondary N) is 1. The summed E-state index contributed by atoms with van der Waals surface area (Å²) in [6, 6.07) is 12.1. The molecule has 5 nitrogen and oxygen atoms in total. The molecule has 138 valence electrons. The summed E-state index contributed by atoms with van der Waals surface area (Å²) in [5.41, 5.74) is 2.17. The quantitative estimate of drug-likeness (QED) is 0.702. The average molecular weight is 421 g/mol. The number of hydrogen-bond acceptors (Lipinski definition) is 4. The molecule has 0 aliphatic carbocycles. The van der Waals surface area contributed by atoms with Crippen molar-refractivity contribution in [3.63, 3.8) is 0 Å². The SMILES string of the molecule is O=C(/C=C/c1ccc(Cl)c(Cl)c1)Nc1ccc(CN2C(=O)CSC2=O)cc1. The first-order valence-corrected chi connectivity index (χ1v) is 9.67. The summed E-state index contributed by atoms with van der Waals surface area (Å²) in [5.74, 6) is -0.289. The predicted octanol–water partition coefficient (Wildman–Crippen LogP) is 4.84. The molecule has 0 aromatic heterocycles. The van der Waals surface area contributed by atoms with Crippen LogP contribution in [0.5, 0.6) is 0 Å². The number of nitrogens with zero attached hydrogens (tertiary/aromatic N) is 1. The maximum Gasteiger partial charge on any atom is 0.289 e. The van der Waals surface area contributed by atoms with E-state index in [0.717, 1.165) is 22.9 Å². The van der Waals surface area contributed by atoms with Crippen molar-refractivity contribution in [3.8, 4) is 0 Å². The number of benzene rings is 2. The maximum absolute atomic E-state index is 12.0. The Morgan fingerprint density at radius 3 is 2.48 bits per heavy atom. The molecule has 1 aliphatic heterocycles. The van der Waals surface area contributed by atoms with Gasteiger partial charge in [-0.15, -0.1) is 0 Å². The minimum atomic E-state index is -0.296. The summed E-state index contributed by atoms with van der Waals surface area (Å²) in [7, 11) is 0. The largest absolute Gasteiger partial charge is 0.323 e. The van der Waals surface area contributed by atoms with Gasteiger partial charge in [-0.25, -0.2) is 0 Å². The van der Waals surface area contributed by atoms with Gasteiger partial charge in [-0.3, -0.25) is 19.3 Å². The monoisotopic (exact) mass is 420 g/mol. The molecule has 1 N–H and O–H groups in total. The van der Waals surface area contributed by atoms with Crippen LogP contribution in [0.1, 0.15) is 11.1 Å². The molecule has 0 unspecified atom stereocenters. The highest BCUT2D eigenvalue weighted by Gasteiger charge is 2.29. The molecule has 0 spiro atoms. The third kappa shape index (κ3) is 5.13. The molecule has 1 aliphatic rings. The Hall–Kier alpha value is -2.28. The molecule has 0 radical (unpaired) electrons. The van der Waals surface area contributed by atoms with Crippen LogP contribution >= 0.6 is 35.0 Å². The number of halogens is 2. The predicted molar refractivity (Wildman–Crippen MR) is 109 cm³/mol. The van der Waals surface area contributed by atoms with Crippen LogP contribution in [0.4, 0.5) is 10.5 Å². The van der Waals surface area contributed by atoms with Crippen molar-refractivity contribution in [2.45, 2.75) is 6.54 Å². The molecular formula is C19H14Cl2N2O3S. The summed E-state index contributed by atoms with van der Waals surface area (Å²) in [4.78, 5) is 36.5. The van der Waals surface area contributed by atoms with E-state index in [2.05, 4.69) is 5.32 Å². The molecule has 0 saturated carbocycles. The van der Waals surface area contributed by atoms with E-state index in [1.807, 2.05) is 0 Å². The first-order chi connectivity index (χ1) is 12.9. The second-order valence-electron chi connectivity index (χ2n) is 5.73. The fraction of sp³-hybridized carbons (Fsp3) is 0.105. The lowest BCUT2D eigenvalue weighted by Gasteiger charge is -2.13. The van der Waals surface area contributed by atoms with Crippen LogP contribution in [0.3, 0.4) is 0 Å². The summed E-state index contributed by atoms with van der Waals surface area (Å²) in [5, 5.41) is 3.38. The second-order valence-corrected chi connectivity index (χ2v) is 7.47. The van der Waals surface area contributed by atoms with Gasteiger partial charge in [0.1, 0.15) is 0 Å². The van der Waals surface area contributed by atoms with Crippen LogP contribution in [0.25, 0.3) is 6.08 Å². The summed E-state index contributed by atoms with van der Waals surface area (Å²) < 4.78 is 0. The fourth-order valence-corrected chi connectivity index (χ4v) is 3.41. The van der Waals surface area contributed by atoms with Gasteiger partial charge in [0.25, 0.3) is 5.24 Å². The van der Waals surface area contributed by atoms with Crippen molar-refractivity contribution < 1.29 is 14.4 Å². The van der Waals surface area contributed by atoms with Gasteiger partial charge in [-0.1, -0.05) is 53.2 Å². The van der Waals surface area contributed by atoms with Gasteiger partial charge in [0, 0.05) is 11.8 Å². The average Bonchev–Trinajstić information content (AvgIpc) is 2.96. The lowest BCUT2D eigenvalue weighted by Crippen LogP contribution is -2.27. The van der Waals surface area contributed by atoms with Gasteiger partial charge in [-0.05, 0) is 41.5 Å². The highest BCUT2D eigenvalue weighted by atomic mass is 35.5. The van der Waals surface area contributed by atoms with Crippen LogP contribution in [0, 0.1) is 0 Å². The first-order valence-electron chi connectivity index (χ1n) is 7.92. The Kier molecular flexibility index (Phi) is 6.21. The maximum atomic E-state index is 12.0. The van der Waals surface area contributed by atoms with Gasteiger partial charge in [0.2, 0.25) is 11.8 Å². The van der Waals surface area contributed by atoms with E-state index in [1.54, 1.807) is 48.5 Å².